The highest BCUT2D eigenvalue weighted by Gasteiger charge is 2.27. The lowest BCUT2D eigenvalue weighted by Gasteiger charge is -2.11. The SMILES string of the molecule is COc1cc(C)cc(C)c1C1CN1. The van der Waals surface area contributed by atoms with Gasteiger partial charge in [-0.2, -0.15) is 0 Å². The number of rotatable bonds is 2. The maximum atomic E-state index is 5.37. The van der Waals surface area contributed by atoms with Gasteiger partial charge in [0, 0.05) is 18.2 Å². The smallest absolute Gasteiger partial charge is 0.124 e. The minimum atomic E-state index is 0.524. The summed E-state index contributed by atoms with van der Waals surface area (Å²) in [6.07, 6.45) is 0. The van der Waals surface area contributed by atoms with Gasteiger partial charge in [0.25, 0.3) is 0 Å². The summed E-state index contributed by atoms with van der Waals surface area (Å²) in [6.45, 7) is 5.32. The normalized spacial score (nSPS) is 20.1. The molecular formula is C11H15NO. The zero-order chi connectivity index (χ0) is 9.42. The lowest BCUT2D eigenvalue weighted by atomic mass is 10.0. The first-order chi connectivity index (χ1) is 6.22. The molecule has 0 amide bonds. The van der Waals surface area contributed by atoms with E-state index in [0.29, 0.717) is 6.04 Å². The molecule has 2 rings (SSSR count). The average Bonchev–Trinajstić information content (AvgIpc) is 2.86. The summed E-state index contributed by atoms with van der Waals surface area (Å²) < 4.78 is 5.37. The van der Waals surface area contributed by atoms with E-state index in [1.165, 1.54) is 16.7 Å². The van der Waals surface area contributed by atoms with Crippen molar-refractivity contribution in [2.24, 2.45) is 0 Å². The molecule has 2 nitrogen and oxygen atoms in total. The second kappa shape index (κ2) is 3.04. The second-order valence-electron chi connectivity index (χ2n) is 3.66. The molecule has 1 aliphatic heterocycles. The molecule has 1 N–H and O–H groups in total. The first kappa shape index (κ1) is 8.57. The molecule has 2 heteroatoms. The lowest BCUT2D eigenvalue weighted by Crippen LogP contribution is -1.96. The molecule has 0 aromatic heterocycles. The van der Waals surface area contributed by atoms with Gasteiger partial charge in [0.05, 0.1) is 7.11 Å². The zero-order valence-electron chi connectivity index (χ0n) is 8.35. The van der Waals surface area contributed by atoms with Gasteiger partial charge in [-0.3, -0.25) is 0 Å². The van der Waals surface area contributed by atoms with Crippen molar-refractivity contribution in [3.63, 3.8) is 0 Å². The Labute approximate surface area is 78.9 Å². The fraction of sp³-hybridized carbons (Fsp3) is 0.455. The molecule has 0 bridgehead atoms. The topological polar surface area (TPSA) is 31.2 Å². The van der Waals surface area contributed by atoms with Gasteiger partial charge in [0.15, 0.2) is 0 Å². The summed E-state index contributed by atoms with van der Waals surface area (Å²) in [4.78, 5) is 0. The van der Waals surface area contributed by atoms with E-state index in [0.717, 1.165) is 12.3 Å². The molecule has 1 fully saturated rings. The fourth-order valence-electron chi connectivity index (χ4n) is 1.82. The van der Waals surface area contributed by atoms with Gasteiger partial charge in [-0.15, -0.1) is 0 Å². The Bertz CT molecular complexity index is 329. The Hall–Kier alpha value is -1.02. The monoisotopic (exact) mass is 177 g/mol. The van der Waals surface area contributed by atoms with Crippen molar-refractivity contribution in [3.8, 4) is 5.75 Å². The van der Waals surface area contributed by atoms with Crippen LogP contribution in [0.1, 0.15) is 22.7 Å². The molecule has 13 heavy (non-hydrogen) atoms. The number of hydrogen-bond donors (Lipinski definition) is 1. The summed E-state index contributed by atoms with van der Waals surface area (Å²) in [5.74, 6) is 1.02. The lowest BCUT2D eigenvalue weighted by molar-refractivity contribution is 0.409. The van der Waals surface area contributed by atoms with Crippen molar-refractivity contribution in [1.29, 1.82) is 0 Å². The van der Waals surface area contributed by atoms with E-state index in [-0.39, 0.29) is 0 Å². The number of hydrogen-bond acceptors (Lipinski definition) is 2. The highest BCUT2D eigenvalue weighted by molar-refractivity contribution is 5.46. The number of aryl methyl sites for hydroxylation is 2. The minimum absolute atomic E-state index is 0.524. The Morgan fingerprint density at radius 1 is 1.38 bits per heavy atom. The van der Waals surface area contributed by atoms with Gasteiger partial charge in [0.1, 0.15) is 5.75 Å². The quantitative estimate of drug-likeness (QED) is 0.700. The first-order valence-electron chi connectivity index (χ1n) is 4.61. The highest BCUT2D eigenvalue weighted by atomic mass is 16.5. The maximum absolute atomic E-state index is 5.37. The van der Waals surface area contributed by atoms with Gasteiger partial charge in [-0.05, 0) is 31.0 Å². The molecule has 1 saturated heterocycles. The molecule has 1 unspecified atom stereocenters. The van der Waals surface area contributed by atoms with Crippen molar-refractivity contribution in [1.82, 2.24) is 5.32 Å². The van der Waals surface area contributed by atoms with Crippen LogP contribution >= 0.6 is 0 Å². The van der Waals surface area contributed by atoms with Crippen molar-refractivity contribution < 1.29 is 4.74 Å². The van der Waals surface area contributed by atoms with E-state index in [4.69, 9.17) is 4.74 Å². The molecule has 1 aromatic carbocycles. The highest BCUT2D eigenvalue weighted by Crippen LogP contribution is 2.34. The van der Waals surface area contributed by atoms with Gasteiger partial charge in [-0.25, -0.2) is 0 Å². The molecule has 0 radical (unpaired) electrons. The van der Waals surface area contributed by atoms with Crippen LogP contribution in [-0.2, 0) is 0 Å². The van der Waals surface area contributed by atoms with Gasteiger partial charge < -0.3 is 10.1 Å². The molecule has 1 aliphatic rings. The Balaban J connectivity index is 2.50. The van der Waals surface area contributed by atoms with E-state index in [1.807, 2.05) is 0 Å². The van der Waals surface area contributed by atoms with Crippen molar-refractivity contribution >= 4 is 0 Å². The van der Waals surface area contributed by atoms with Crippen molar-refractivity contribution in [3.05, 3.63) is 28.8 Å². The Morgan fingerprint density at radius 3 is 2.62 bits per heavy atom. The van der Waals surface area contributed by atoms with E-state index < -0.39 is 0 Å². The third-order valence-electron chi connectivity index (χ3n) is 2.47. The van der Waals surface area contributed by atoms with Crippen LogP contribution in [0, 0.1) is 13.8 Å². The van der Waals surface area contributed by atoms with Gasteiger partial charge in [-0.1, -0.05) is 6.07 Å². The van der Waals surface area contributed by atoms with Crippen LogP contribution in [0.15, 0.2) is 12.1 Å². The van der Waals surface area contributed by atoms with Crippen LogP contribution in [0.3, 0.4) is 0 Å². The van der Waals surface area contributed by atoms with Crippen LogP contribution in [0.5, 0.6) is 5.75 Å². The zero-order valence-corrected chi connectivity index (χ0v) is 8.35. The third-order valence-corrected chi connectivity index (χ3v) is 2.47. The van der Waals surface area contributed by atoms with Gasteiger partial charge >= 0.3 is 0 Å². The van der Waals surface area contributed by atoms with Crippen LogP contribution in [-0.4, -0.2) is 13.7 Å². The summed E-state index contributed by atoms with van der Waals surface area (Å²) in [5.41, 5.74) is 3.92. The van der Waals surface area contributed by atoms with Crippen molar-refractivity contribution in [2.45, 2.75) is 19.9 Å². The molecule has 0 saturated carbocycles. The van der Waals surface area contributed by atoms with E-state index in [1.54, 1.807) is 7.11 Å². The molecule has 1 atom stereocenters. The van der Waals surface area contributed by atoms with Crippen LogP contribution < -0.4 is 10.1 Å². The number of ether oxygens (including phenoxy) is 1. The fourth-order valence-corrected chi connectivity index (χ4v) is 1.82. The van der Waals surface area contributed by atoms with E-state index >= 15 is 0 Å². The Kier molecular flexibility index (Phi) is 2.00. The third kappa shape index (κ3) is 1.54. The molecule has 0 spiro atoms. The number of methoxy groups -OCH3 is 1. The largest absolute Gasteiger partial charge is 0.496 e. The average molecular weight is 177 g/mol. The van der Waals surface area contributed by atoms with E-state index in [9.17, 15) is 0 Å². The number of nitrogens with one attached hydrogen (secondary N) is 1. The standard InChI is InChI=1S/C11H15NO/c1-7-4-8(2)11(9-6-12-9)10(5-7)13-3/h4-5,9,12H,6H2,1-3H3. The van der Waals surface area contributed by atoms with Crippen LogP contribution in [0.25, 0.3) is 0 Å². The summed E-state index contributed by atoms with van der Waals surface area (Å²) >= 11 is 0. The molecule has 1 heterocycles. The molecule has 70 valence electrons. The van der Waals surface area contributed by atoms with Crippen molar-refractivity contribution in [2.75, 3.05) is 13.7 Å². The Morgan fingerprint density at radius 2 is 2.08 bits per heavy atom. The summed E-state index contributed by atoms with van der Waals surface area (Å²) in [7, 11) is 1.74. The first-order valence-corrected chi connectivity index (χ1v) is 4.61. The molecular weight excluding hydrogens is 162 g/mol. The van der Waals surface area contributed by atoms with Crippen LogP contribution in [0.4, 0.5) is 0 Å². The minimum Gasteiger partial charge on any atom is -0.496 e. The summed E-state index contributed by atoms with van der Waals surface area (Å²) in [6, 6.07) is 4.83. The maximum Gasteiger partial charge on any atom is 0.124 e. The summed E-state index contributed by atoms with van der Waals surface area (Å²) in [5, 5.41) is 3.31. The number of benzene rings is 1. The predicted octanol–water partition coefficient (Wildman–Crippen LogP) is 1.96. The van der Waals surface area contributed by atoms with Crippen LogP contribution in [0.2, 0.25) is 0 Å². The second-order valence-corrected chi connectivity index (χ2v) is 3.66. The molecule has 0 aliphatic carbocycles. The van der Waals surface area contributed by atoms with E-state index in [2.05, 4.69) is 31.3 Å². The predicted molar refractivity (Wildman–Crippen MR) is 53.2 cm³/mol. The van der Waals surface area contributed by atoms with Gasteiger partial charge in [0.2, 0.25) is 0 Å². The molecule has 1 aromatic rings.